The van der Waals surface area contributed by atoms with Gasteiger partial charge < -0.3 is 10.2 Å². The van der Waals surface area contributed by atoms with E-state index in [2.05, 4.69) is 12.2 Å². The number of nitrogens with zero attached hydrogens (tertiary/aromatic N) is 1. The Morgan fingerprint density at radius 3 is 2.92 bits per heavy atom. The van der Waals surface area contributed by atoms with Crippen LogP contribution < -0.4 is 5.32 Å². The van der Waals surface area contributed by atoms with Crippen LogP contribution in [0.3, 0.4) is 0 Å². The van der Waals surface area contributed by atoms with E-state index in [-0.39, 0.29) is 11.8 Å². The van der Waals surface area contributed by atoms with Crippen LogP contribution in [0.15, 0.2) is 29.6 Å². The van der Waals surface area contributed by atoms with Gasteiger partial charge in [0.05, 0.1) is 0 Å². The highest BCUT2D eigenvalue weighted by Gasteiger charge is 2.43. The minimum atomic E-state index is -0.757. The number of carbonyl (C=O) groups excluding carboxylic acids is 2. The van der Waals surface area contributed by atoms with E-state index in [0.717, 1.165) is 37.5 Å². The average molecular weight is 359 g/mol. The molecule has 3 rings (SSSR count). The molecule has 0 bridgehead atoms. The van der Waals surface area contributed by atoms with Gasteiger partial charge in [-0.1, -0.05) is 13.3 Å². The molecule has 1 aromatic carbocycles. The Bertz CT molecular complexity index is 770. The van der Waals surface area contributed by atoms with E-state index >= 15 is 0 Å². The lowest BCUT2D eigenvalue weighted by molar-refractivity contribution is -0.133. The van der Waals surface area contributed by atoms with Crippen LogP contribution in [0.5, 0.6) is 0 Å². The lowest BCUT2D eigenvalue weighted by atomic mass is 9.86. The first-order chi connectivity index (χ1) is 12.1. The second-order valence-electron chi connectivity index (χ2n) is 6.97. The maximum atomic E-state index is 13.2. The molecule has 1 aromatic heterocycles. The van der Waals surface area contributed by atoms with E-state index in [0.29, 0.717) is 18.7 Å². The lowest BCUT2D eigenvalue weighted by Gasteiger charge is -2.43. The van der Waals surface area contributed by atoms with Gasteiger partial charge in [-0.2, -0.15) is 0 Å². The van der Waals surface area contributed by atoms with Crippen molar-refractivity contribution in [1.82, 2.24) is 10.2 Å². The van der Waals surface area contributed by atoms with Gasteiger partial charge >= 0.3 is 0 Å². The van der Waals surface area contributed by atoms with E-state index in [1.54, 1.807) is 16.2 Å². The summed E-state index contributed by atoms with van der Waals surface area (Å²) in [6.45, 7) is 5.32. The fourth-order valence-electron chi connectivity index (χ4n) is 3.51. The van der Waals surface area contributed by atoms with Crippen molar-refractivity contribution in [3.63, 3.8) is 0 Å². The Hall–Kier alpha value is -1.88. The number of hydrogen-bond acceptors (Lipinski definition) is 3. The van der Waals surface area contributed by atoms with Gasteiger partial charge in [0.1, 0.15) is 5.54 Å². The number of thiophene rings is 1. The summed E-state index contributed by atoms with van der Waals surface area (Å²) in [5.74, 6) is -0.0634. The zero-order chi connectivity index (χ0) is 17.9. The fraction of sp³-hybridized carbons (Fsp3) is 0.500. The van der Waals surface area contributed by atoms with Gasteiger partial charge in [0, 0.05) is 23.4 Å². The molecule has 1 saturated heterocycles. The van der Waals surface area contributed by atoms with Crippen molar-refractivity contribution in [2.24, 2.45) is 0 Å². The maximum absolute atomic E-state index is 13.2. The molecule has 2 heterocycles. The first-order valence-electron chi connectivity index (χ1n) is 9.14. The number of amides is 2. The first-order valence-corrected chi connectivity index (χ1v) is 10.0. The topological polar surface area (TPSA) is 49.4 Å². The van der Waals surface area contributed by atoms with Gasteiger partial charge in [0.25, 0.3) is 5.91 Å². The summed E-state index contributed by atoms with van der Waals surface area (Å²) < 4.78 is 1.18. The van der Waals surface area contributed by atoms with Gasteiger partial charge in [-0.15, -0.1) is 11.3 Å². The predicted octanol–water partition coefficient (Wildman–Crippen LogP) is 4.20. The minimum absolute atomic E-state index is 0.0226. The quantitative estimate of drug-likeness (QED) is 0.814. The molecule has 25 heavy (non-hydrogen) atoms. The number of fused-ring (bicyclic) bond motifs is 1. The molecular formula is C20H26N2O2S. The van der Waals surface area contributed by atoms with Crippen LogP contribution in [0.25, 0.3) is 10.1 Å². The summed E-state index contributed by atoms with van der Waals surface area (Å²) in [4.78, 5) is 27.8. The molecule has 2 aromatic rings. The average Bonchev–Trinajstić information content (AvgIpc) is 3.09. The zero-order valence-corrected chi connectivity index (χ0v) is 15.8. The Balaban J connectivity index is 1.83. The van der Waals surface area contributed by atoms with Crippen LogP contribution in [-0.2, 0) is 4.79 Å². The van der Waals surface area contributed by atoms with Gasteiger partial charge in [0.2, 0.25) is 5.91 Å². The molecule has 0 spiro atoms. The molecule has 1 aliphatic rings. The molecule has 134 valence electrons. The van der Waals surface area contributed by atoms with Gasteiger partial charge in [0.15, 0.2) is 0 Å². The molecule has 1 unspecified atom stereocenters. The van der Waals surface area contributed by atoms with Gasteiger partial charge in [-0.3, -0.25) is 9.59 Å². The largest absolute Gasteiger partial charge is 0.354 e. The fourth-order valence-corrected chi connectivity index (χ4v) is 4.28. The van der Waals surface area contributed by atoms with Gasteiger partial charge in [-0.25, -0.2) is 0 Å². The molecule has 2 amide bonds. The summed E-state index contributed by atoms with van der Waals surface area (Å²) >= 11 is 1.67. The van der Waals surface area contributed by atoms with Crippen molar-refractivity contribution in [3.05, 3.63) is 35.2 Å². The number of likely N-dealkylation sites (tertiary alicyclic amines) is 1. The second-order valence-corrected chi connectivity index (χ2v) is 7.92. The summed E-state index contributed by atoms with van der Waals surface area (Å²) in [5, 5.41) is 6.14. The number of hydrogen-bond donors (Lipinski definition) is 1. The van der Waals surface area contributed by atoms with Crippen molar-refractivity contribution in [1.29, 1.82) is 0 Å². The number of carbonyl (C=O) groups is 2. The van der Waals surface area contributed by atoms with Crippen LogP contribution in [0, 0.1) is 0 Å². The summed E-state index contributed by atoms with van der Waals surface area (Å²) in [5.41, 5.74) is -0.0902. The maximum Gasteiger partial charge on any atom is 0.254 e. The van der Waals surface area contributed by atoms with Crippen LogP contribution in [0.4, 0.5) is 0 Å². The highest BCUT2D eigenvalue weighted by molar-refractivity contribution is 7.17. The normalized spacial score (nSPS) is 20.6. The van der Waals surface area contributed by atoms with Crippen LogP contribution in [-0.4, -0.2) is 35.3 Å². The Kier molecular flexibility index (Phi) is 5.42. The summed E-state index contributed by atoms with van der Waals surface area (Å²) in [7, 11) is 0. The van der Waals surface area contributed by atoms with Crippen molar-refractivity contribution in [2.75, 3.05) is 13.1 Å². The van der Waals surface area contributed by atoms with E-state index in [9.17, 15) is 9.59 Å². The second kappa shape index (κ2) is 7.56. The van der Waals surface area contributed by atoms with Crippen molar-refractivity contribution >= 4 is 33.2 Å². The third-order valence-corrected chi connectivity index (χ3v) is 6.04. The molecule has 5 heteroatoms. The zero-order valence-electron chi connectivity index (χ0n) is 15.0. The number of piperidine rings is 1. The third kappa shape index (κ3) is 3.56. The number of rotatable bonds is 5. The molecule has 0 radical (unpaired) electrons. The van der Waals surface area contributed by atoms with E-state index < -0.39 is 5.54 Å². The molecule has 1 atom stereocenters. The number of benzene rings is 1. The number of unbranched alkanes of at least 4 members (excludes halogenated alkanes) is 1. The van der Waals surface area contributed by atoms with Crippen molar-refractivity contribution in [2.45, 2.75) is 51.5 Å². The molecule has 0 saturated carbocycles. The third-order valence-electron chi connectivity index (χ3n) is 5.14. The van der Waals surface area contributed by atoms with E-state index in [1.165, 1.54) is 4.70 Å². The smallest absolute Gasteiger partial charge is 0.254 e. The standard InChI is InChI=1S/C20H26N2O2S/c1-3-4-11-21-19(24)20(2)10-5-6-12-22(20)18(23)16-7-8-17-15(14-16)9-13-25-17/h7-9,13-14H,3-6,10-12H2,1-2H3,(H,21,24). The summed E-state index contributed by atoms with van der Waals surface area (Å²) in [6.07, 6.45) is 4.65. The highest BCUT2D eigenvalue weighted by Crippen LogP contribution is 2.31. The Morgan fingerprint density at radius 1 is 1.28 bits per heavy atom. The first kappa shape index (κ1) is 17.9. The molecule has 1 aliphatic heterocycles. The van der Waals surface area contributed by atoms with E-state index in [4.69, 9.17) is 0 Å². The van der Waals surface area contributed by atoms with Crippen LogP contribution in [0.2, 0.25) is 0 Å². The molecular weight excluding hydrogens is 332 g/mol. The minimum Gasteiger partial charge on any atom is -0.354 e. The summed E-state index contributed by atoms with van der Waals surface area (Å²) in [6, 6.07) is 7.85. The van der Waals surface area contributed by atoms with Crippen molar-refractivity contribution in [3.8, 4) is 0 Å². The van der Waals surface area contributed by atoms with E-state index in [1.807, 2.05) is 36.6 Å². The van der Waals surface area contributed by atoms with Crippen LogP contribution >= 0.6 is 11.3 Å². The Labute approximate surface area is 153 Å². The number of nitrogens with one attached hydrogen (secondary N) is 1. The highest BCUT2D eigenvalue weighted by atomic mass is 32.1. The molecule has 1 fully saturated rings. The SMILES string of the molecule is CCCCNC(=O)C1(C)CCCCN1C(=O)c1ccc2sccc2c1. The molecule has 4 nitrogen and oxygen atoms in total. The lowest BCUT2D eigenvalue weighted by Crippen LogP contribution is -2.61. The molecule has 1 N–H and O–H groups in total. The monoisotopic (exact) mass is 358 g/mol. The van der Waals surface area contributed by atoms with Crippen molar-refractivity contribution < 1.29 is 9.59 Å². The Morgan fingerprint density at radius 2 is 2.12 bits per heavy atom. The predicted molar refractivity (Wildman–Crippen MR) is 103 cm³/mol. The van der Waals surface area contributed by atoms with Crippen LogP contribution in [0.1, 0.15) is 56.3 Å². The van der Waals surface area contributed by atoms with Gasteiger partial charge in [-0.05, 0) is 67.6 Å². The molecule has 0 aliphatic carbocycles.